The Kier molecular flexibility index (Phi) is 5.77. The number of rotatable bonds is 7. The number of hydrogen-bond donors (Lipinski definition) is 2. The lowest BCUT2D eigenvalue weighted by molar-refractivity contribution is -0.122. The monoisotopic (exact) mass is 254 g/mol. The number of hydrogen-bond acceptors (Lipinski definition) is 4. The van der Waals surface area contributed by atoms with Gasteiger partial charge in [-0.25, -0.2) is 4.68 Å². The second-order valence-corrected chi connectivity index (χ2v) is 4.52. The average Bonchev–Trinajstić information content (AvgIpc) is 2.76. The van der Waals surface area contributed by atoms with Crippen molar-refractivity contribution in [2.75, 3.05) is 0 Å². The lowest BCUT2D eigenvalue weighted by Crippen LogP contribution is -2.35. The number of aromatic nitrogens is 3. The van der Waals surface area contributed by atoms with Gasteiger partial charge in [0, 0.05) is 6.04 Å². The number of carbonyl (C=O) groups is 1. The normalized spacial score (nSPS) is 14.2. The van der Waals surface area contributed by atoms with Gasteiger partial charge in [-0.3, -0.25) is 4.79 Å². The van der Waals surface area contributed by atoms with E-state index < -0.39 is 6.10 Å². The Morgan fingerprint density at radius 3 is 2.89 bits per heavy atom. The number of nitrogens with zero attached hydrogens (tertiary/aromatic N) is 3. The molecule has 18 heavy (non-hydrogen) atoms. The lowest BCUT2D eigenvalue weighted by atomic mass is 10.2. The SMILES string of the molecule is CCCC(C)NC(=O)Cn1cc(C(O)CC)nn1. The molecule has 0 aliphatic carbocycles. The zero-order chi connectivity index (χ0) is 13.5. The van der Waals surface area contributed by atoms with Crippen LogP contribution in [0.3, 0.4) is 0 Å². The van der Waals surface area contributed by atoms with E-state index in [9.17, 15) is 9.90 Å². The predicted octanol–water partition coefficient (Wildman–Crippen LogP) is 1.03. The first-order valence-corrected chi connectivity index (χ1v) is 6.44. The van der Waals surface area contributed by atoms with Crippen molar-refractivity contribution in [2.24, 2.45) is 0 Å². The minimum atomic E-state index is -0.610. The van der Waals surface area contributed by atoms with Crippen LogP contribution in [-0.4, -0.2) is 32.0 Å². The molecule has 0 aliphatic rings. The average molecular weight is 254 g/mol. The summed E-state index contributed by atoms with van der Waals surface area (Å²) >= 11 is 0. The summed E-state index contributed by atoms with van der Waals surface area (Å²) in [6, 6.07) is 0.173. The Bertz CT molecular complexity index is 378. The van der Waals surface area contributed by atoms with Crippen molar-refractivity contribution < 1.29 is 9.90 Å². The van der Waals surface area contributed by atoms with Crippen molar-refractivity contribution >= 4 is 5.91 Å². The summed E-state index contributed by atoms with van der Waals surface area (Å²) in [4.78, 5) is 11.7. The highest BCUT2D eigenvalue weighted by Crippen LogP contribution is 2.11. The maximum atomic E-state index is 11.7. The van der Waals surface area contributed by atoms with Crippen LogP contribution in [0.1, 0.15) is 51.8 Å². The first-order chi connectivity index (χ1) is 8.56. The van der Waals surface area contributed by atoms with Crippen molar-refractivity contribution in [3.8, 4) is 0 Å². The molecule has 0 spiro atoms. The number of carbonyl (C=O) groups excluding carboxylic acids is 1. The van der Waals surface area contributed by atoms with Crippen LogP contribution in [0.15, 0.2) is 6.20 Å². The Labute approximate surface area is 107 Å². The van der Waals surface area contributed by atoms with Gasteiger partial charge in [0.25, 0.3) is 0 Å². The minimum Gasteiger partial charge on any atom is -0.387 e. The fourth-order valence-corrected chi connectivity index (χ4v) is 1.73. The number of aliphatic hydroxyl groups is 1. The summed E-state index contributed by atoms with van der Waals surface area (Å²) in [5.74, 6) is -0.0848. The third-order valence-corrected chi connectivity index (χ3v) is 2.72. The third kappa shape index (κ3) is 4.44. The fourth-order valence-electron chi connectivity index (χ4n) is 1.73. The molecule has 1 rings (SSSR count). The van der Waals surface area contributed by atoms with Crippen LogP contribution in [0.2, 0.25) is 0 Å². The molecular formula is C12H22N4O2. The molecule has 6 nitrogen and oxygen atoms in total. The topological polar surface area (TPSA) is 80.0 Å². The number of nitrogens with one attached hydrogen (secondary N) is 1. The van der Waals surface area contributed by atoms with Crippen molar-refractivity contribution in [3.63, 3.8) is 0 Å². The Hall–Kier alpha value is -1.43. The van der Waals surface area contributed by atoms with E-state index >= 15 is 0 Å². The van der Waals surface area contributed by atoms with E-state index in [1.807, 2.05) is 13.8 Å². The summed E-state index contributed by atoms with van der Waals surface area (Å²) in [6.45, 7) is 6.06. The molecule has 0 saturated carbocycles. The maximum absolute atomic E-state index is 11.7. The summed E-state index contributed by atoms with van der Waals surface area (Å²) in [5, 5.41) is 20.1. The summed E-state index contributed by atoms with van der Waals surface area (Å²) < 4.78 is 1.45. The van der Waals surface area contributed by atoms with E-state index in [0.29, 0.717) is 12.1 Å². The molecule has 1 aromatic heterocycles. The molecule has 2 N–H and O–H groups in total. The standard InChI is InChI=1S/C12H22N4O2/c1-4-6-9(3)13-12(18)8-16-7-10(14-15-16)11(17)5-2/h7,9,11,17H,4-6,8H2,1-3H3,(H,13,18). The zero-order valence-corrected chi connectivity index (χ0v) is 11.3. The van der Waals surface area contributed by atoms with Crippen LogP contribution in [0.4, 0.5) is 0 Å². The predicted molar refractivity (Wildman–Crippen MR) is 67.8 cm³/mol. The van der Waals surface area contributed by atoms with Crippen molar-refractivity contribution in [1.29, 1.82) is 0 Å². The summed E-state index contributed by atoms with van der Waals surface area (Å²) in [6.07, 6.45) is 3.58. The molecule has 0 radical (unpaired) electrons. The van der Waals surface area contributed by atoms with E-state index in [2.05, 4.69) is 22.6 Å². The van der Waals surface area contributed by atoms with Gasteiger partial charge in [-0.1, -0.05) is 25.5 Å². The van der Waals surface area contributed by atoms with Crippen LogP contribution < -0.4 is 5.32 Å². The first kappa shape index (κ1) is 14.6. The van der Waals surface area contributed by atoms with Gasteiger partial charge in [-0.15, -0.1) is 5.10 Å². The quantitative estimate of drug-likeness (QED) is 0.761. The van der Waals surface area contributed by atoms with E-state index in [4.69, 9.17) is 0 Å². The second kappa shape index (κ2) is 7.10. The second-order valence-electron chi connectivity index (χ2n) is 4.52. The van der Waals surface area contributed by atoms with Gasteiger partial charge >= 0.3 is 0 Å². The molecule has 102 valence electrons. The van der Waals surface area contributed by atoms with Gasteiger partial charge in [-0.2, -0.15) is 0 Å². The number of aliphatic hydroxyl groups excluding tert-OH is 1. The van der Waals surface area contributed by atoms with E-state index in [-0.39, 0.29) is 18.5 Å². The van der Waals surface area contributed by atoms with E-state index in [0.717, 1.165) is 12.8 Å². The summed E-state index contributed by atoms with van der Waals surface area (Å²) in [7, 11) is 0. The fraction of sp³-hybridized carbons (Fsp3) is 0.750. The molecule has 2 unspecified atom stereocenters. The van der Waals surface area contributed by atoms with Crippen molar-refractivity contribution in [2.45, 2.75) is 58.7 Å². The van der Waals surface area contributed by atoms with Crippen LogP contribution in [0, 0.1) is 0 Å². The molecule has 1 aromatic rings. The molecule has 1 amide bonds. The highest BCUT2D eigenvalue weighted by molar-refractivity contribution is 5.75. The van der Waals surface area contributed by atoms with Gasteiger partial charge in [-0.05, 0) is 19.8 Å². The molecule has 0 aliphatic heterocycles. The van der Waals surface area contributed by atoms with Gasteiger partial charge < -0.3 is 10.4 Å². The van der Waals surface area contributed by atoms with Crippen molar-refractivity contribution in [3.05, 3.63) is 11.9 Å². The van der Waals surface area contributed by atoms with Gasteiger partial charge in [0.1, 0.15) is 12.2 Å². The molecule has 0 fully saturated rings. The van der Waals surface area contributed by atoms with Crippen molar-refractivity contribution in [1.82, 2.24) is 20.3 Å². The van der Waals surface area contributed by atoms with Gasteiger partial charge in [0.15, 0.2) is 0 Å². The highest BCUT2D eigenvalue weighted by Gasteiger charge is 2.12. The Morgan fingerprint density at radius 2 is 2.28 bits per heavy atom. The van der Waals surface area contributed by atoms with E-state index in [1.165, 1.54) is 4.68 Å². The molecule has 0 saturated heterocycles. The molecular weight excluding hydrogens is 232 g/mol. The Balaban J connectivity index is 2.47. The largest absolute Gasteiger partial charge is 0.387 e. The smallest absolute Gasteiger partial charge is 0.242 e. The molecule has 6 heteroatoms. The zero-order valence-electron chi connectivity index (χ0n) is 11.3. The molecule has 2 atom stereocenters. The molecule has 1 heterocycles. The highest BCUT2D eigenvalue weighted by atomic mass is 16.3. The summed E-state index contributed by atoms with van der Waals surface area (Å²) in [5.41, 5.74) is 0.506. The lowest BCUT2D eigenvalue weighted by Gasteiger charge is -2.12. The molecule has 0 aromatic carbocycles. The van der Waals surface area contributed by atoms with Gasteiger partial charge in [0.2, 0.25) is 5.91 Å². The molecule has 0 bridgehead atoms. The van der Waals surface area contributed by atoms with Crippen LogP contribution in [-0.2, 0) is 11.3 Å². The number of amides is 1. The van der Waals surface area contributed by atoms with Gasteiger partial charge in [0.05, 0.1) is 12.3 Å². The third-order valence-electron chi connectivity index (χ3n) is 2.72. The maximum Gasteiger partial charge on any atom is 0.242 e. The van der Waals surface area contributed by atoms with Crippen LogP contribution >= 0.6 is 0 Å². The minimum absolute atomic E-state index is 0.0848. The van der Waals surface area contributed by atoms with Crippen LogP contribution in [0.25, 0.3) is 0 Å². The Morgan fingerprint density at radius 1 is 1.56 bits per heavy atom. The first-order valence-electron chi connectivity index (χ1n) is 6.44. The van der Waals surface area contributed by atoms with Crippen LogP contribution in [0.5, 0.6) is 0 Å². The van der Waals surface area contributed by atoms with E-state index in [1.54, 1.807) is 6.20 Å².